The van der Waals surface area contributed by atoms with Gasteiger partial charge in [-0.15, -0.1) is 0 Å². The van der Waals surface area contributed by atoms with Gasteiger partial charge in [0, 0.05) is 36.3 Å². The Morgan fingerprint density at radius 2 is 1.69 bits per heavy atom. The van der Waals surface area contributed by atoms with E-state index in [1.807, 2.05) is 30.5 Å². The van der Waals surface area contributed by atoms with Crippen LogP contribution < -0.4 is 4.74 Å². The van der Waals surface area contributed by atoms with E-state index < -0.39 is 11.9 Å². The van der Waals surface area contributed by atoms with E-state index >= 15 is 0 Å². The number of carboxylic acids is 2. The standard InChI is InChI=1S/C20H22N2O.C2H2O4/c1-22(2)14-12-19(17-9-6-13-21-15-17)23-20-11-5-8-16-7-3-4-10-18(16)20;3-1(4)2(5)6/h3-11,13,15,19H,12,14H2,1-2H3;(H,3,4)(H,5,6). The Morgan fingerprint density at radius 1 is 1.00 bits per heavy atom. The van der Waals surface area contributed by atoms with Gasteiger partial charge in [0.2, 0.25) is 0 Å². The quantitative estimate of drug-likeness (QED) is 0.616. The zero-order valence-electron chi connectivity index (χ0n) is 16.4. The van der Waals surface area contributed by atoms with Gasteiger partial charge in [-0.2, -0.15) is 0 Å². The minimum atomic E-state index is -1.82. The van der Waals surface area contributed by atoms with Crippen molar-refractivity contribution >= 4 is 22.7 Å². The number of carboxylic acid groups (broad SMARTS) is 2. The van der Waals surface area contributed by atoms with Crippen molar-refractivity contribution in [3.8, 4) is 5.75 Å². The maximum atomic E-state index is 9.10. The van der Waals surface area contributed by atoms with Crippen molar-refractivity contribution in [3.63, 3.8) is 0 Å². The smallest absolute Gasteiger partial charge is 0.414 e. The summed E-state index contributed by atoms with van der Waals surface area (Å²) in [5.74, 6) is -2.72. The SMILES string of the molecule is CN(C)CCC(Oc1cccc2ccccc12)c1cccnc1.O=C(O)C(=O)O. The molecule has 3 rings (SSSR count). The Balaban J connectivity index is 0.000000438. The van der Waals surface area contributed by atoms with Crippen molar-refractivity contribution in [2.45, 2.75) is 12.5 Å². The van der Waals surface area contributed by atoms with Crippen LogP contribution in [0.4, 0.5) is 0 Å². The molecule has 1 heterocycles. The van der Waals surface area contributed by atoms with E-state index in [9.17, 15) is 0 Å². The fraction of sp³-hybridized carbons (Fsp3) is 0.227. The Kier molecular flexibility index (Phi) is 8.12. The van der Waals surface area contributed by atoms with Crippen LogP contribution in [0.2, 0.25) is 0 Å². The summed E-state index contributed by atoms with van der Waals surface area (Å²) in [6.45, 7) is 0.963. The number of carbonyl (C=O) groups is 2. The molecule has 2 aromatic carbocycles. The van der Waals surface area contributed by atoms with E-state index in [0.29, 0.717) is 0 Å². The lowest BCUT2D eigenvalue weighted by atomic mass is 10.1. The molecule has 2 N–H and O–H groups in total. The van der Waals surface area contributed by atoms with E-state index in [1.165, 1.54) is 5.39 Å². The van der Waals surface area contributed by atoms with Crippen molar-refractivity contribution in [2.24, 2.45) is 0 Å². The molecule has 3 aromatic rings. The second-order valence-electron chi connectivity index (χ2n) is 6.57. The van der Waals surface area contributed by atoms with E-state index in [0.717, 1.165) is 29.7 Å². The Labute approximate surface area is 169 Å². The summed E-state index contributed by atoms with van der Waals surface area (Å²) in [5, 5.41) is 17.1. The van der Waals surface area contributed by atoms with E-state index in [4.69, 9.17) is 24.5 Å². The minimum absolute atomic E-state index is 0.00286. The number of pyridine rings is 1. The molecule has 0 spiro atoms. The molecule has 1 unspecified atom stereocenters. The number of fused-ring (bicyclic) bond motifs is 1. The van der Waals surface area contributed by atoms with Crippen molar-refractivity contribution < 1.29 is 24.5 Å². The number of ether oxygens (including phenoxy) is 1. The van der Waals surface area contributed by atoms with Crippen LogP contribution in [0.5, 0.6) is 5.75 Å². The van der Waals surface area contributed by atoms with Crippen LogP contribution in [-0.2, 0) is 9.59 Å². The predicted molar refractivity (Wildman–Crippen MR) is 110 cm³/mol. The fourth-order valence-corrected chi connectivity index (χ4v) is 2.69. The zero-order valence-corrected chi connectivity index (χ0v) is 16.4. The molecular weight excluding hydrogens is 372 g/mol. The van der Waals surface area contributed by atoms with Gasteiger partial charge in [0.25, 0.3) is 0 Å². The van der Waals surface area contributed by atoms with Gasteiger partial charge in [0.1, 0.15) is 11.9 Å². The van der Waals surface area contributed by atoms with Crippen LogP contribution in [0.25, 0.3) is 10.8 Å². The number of hydrogen-bond acceptors (Lipinski definition) is 5. The van der Waals surface area contributed by atoms with Gasteiger partial charge in [-0.3, -0.25) is 4.98 Å². The molecule has 0 radical (unpaired) electrons. The van der Waals surface area contributed by atoms with Crippen LogP contribution in [0, 0.1) is 0 Å². The molecule has 0 fully saturated rings. The molecule has 0 saturated heterocycles. The highest BCUT2D eigenvalue weighted by Gasteiger charge is 2.15. The monoisotopic (exact) mass is 396 g/mol. The van der Waals surface area contributed by atoms with E-state index in [-0.39, 0.29) is 6.10 Å². The second-order valence-corrected chi connectivity index (χ2v) is 6.57. The molecule has 0 aliphatic rings. The molecule has 7 heteroatoms. The number of nitrogens with zero attached hydrogens (tertiary/aromatic N) is 2. The highest BCUT2D eigenvalue weighted by Crippen LogP contribution is 2.30. The number of aliphatic carboxylic acids is 2. The van der Waals surface area contributed by atoms with Gasteiger partial charge in [-0.1, -0.05) is 42.5 Å². The lowest BCUT2D eigenvalue weighted by molar-refractivity contribution is -0.159. The zero-order chi connectivity index (χ0) is 21.2. The van der Waals surface area contributed by atoms with Gasteiger partial charge in [0.15, 0.2) is 0 Å². The van der Waals surface area contributed by atoms with Gasteiger partial charge in [-0.25, -0.2) is 9.59 Å². The molecule has 7 nitrogen and oxygen atoms in total. The summed E-state index contributed by atoms with van der Waals surface area (Å²) >= 11 is 0. The predicted octanol–water partition coefficient (Wildman–Crippen LogP) is 3.46. The van der Waals surface area contributed by atoms with Crippen molar-refractivity contribution in [2.75, 3.05) is 20.6 Å². The normalized spacial score (nSPS) is 11.4. The Bertz CT molecular complexity index is 927. The van der Waals surface area contributed by atoms with Crippen molar-refractivity contribution in [1.82, 2.24) is 9.88 Å². The largest absolute Gasteiger partial charge is 0.485 e. The molecule has 152 valence electrons. The number of rotatable bonds is 6. The number of benzene rings is 2. The third-order valence-corrected chi connectivity index (χ3v) is 4.10. The molecule has 0 aliphatic carbocycles. The summed E-state index contributed by atoms with van der Waals surface area (Å²) in [6.07, 6.45) is 4.61. The summed E-state index contributed by atoms with van der Waals surface area (Å²) in [6, 6.07) is 18.6. The summed E-state index contributed by atoms with van der Waals surface area (Å²) in [5.41, 5.74) is 1.11. The molecule has 0 saturated carbocycles. The van der Waals surface area contributed by atoms with Gasteiger partial charge in [0.05, 0.1) is 0 Å². The topological polar surface area (TPSA) is 100.0 Å². The average Bonchev–Trinajstić information content (AvgIpc) is 2.72. The second kappa shape index (κ2) is 10.8. The van der Waals surface area contributed by atoms with Gasteiger partial charge in [-0.05, 0) is 31.6 Å². The summed E-state index contributed by atoms with van der Waals surface area (Å²) in [4.78, 5) is 24.6. The summed E-state index contributed by atoms with van der Waals surface area (Å²) in [7, 11) is 4.16. The molecule has 0 bridgehead atoms. The van der Waals surface area contributed by atoms with Crippen LogP contribution in [-0.4, -0.2) is 52.7 Å². The molecule has 0 aliphatic heterocycles. The lowest BCUT2D eigenvalue weighted by Gasteiger charge is -2.22. The van der Waals surface area contributed by atoms with Gasteiger partial charge >= 0.3 is 11.9 Å². The lowest BCUT2D eigenvalue weighted by Crippen LogP contribution is -2.19. The highest BCUT2D eigenvalue weighted by molar-refractivity contribution is 6.27. The minimum Gasteiger partial charge on any atom is -0.485 e. The third kappa shape index (κ3) is 6.90. The molecular formula is C22H24N2O5. The average molecular weight is 396 g/mol. The molecule has 29 heavy (non-hydrogen) atoms. The molecule has 0 amide bonds. The maximum Gasteiger partial charge on any atom is 0.414 e. The molecule has 1 aromatic heterocycles. The number of hydrogen-bond donors (Lipinski definition) is 2. The first-order valence-corrected chi connectivity index (χ1v) is 9.03. The van der Waals surface area contributed by atoms with Crippen LogP contribution in [0.15, 0.2) is 67.0 Å². The van der Waals surface area contributed by atoms with Crippen LogP contribution in [0.1, 0.15) is 18.1 Å². The van der Waals surface area contributed by atoms with Crippen molar-refractivity contribution in [3.05, 3.63) is 72.6 Å². The van der Waals surface area contributed by atoms with Crippen LogP contribution in [0.3, 0.4) is 0 Å². The maximum absolute atomic E-state index is 9.10. The third-order valence-electron chi connectivity index (χ3n) is 4.10. The first kappa shape index (κ1) is 21.8. The first-order chi connectivity index (χ1) is 13.9. The van der Waals surface area contributed by atoms with Gasteiger partial charge < -0.3 is 19.8 Å². The van der Waals surface area contributed by atoms with E-state index in [2.05, 4.69) is 54.3 Å². The molecule has 1 atom stereocenters. The first-order valence-electron chi connectivity index (χ1n) is 9.03. The fourth-order valence-electron chi connectivity index (χ4n) is 2.69. The van der Waals surface area contributed by atoms with E-state index in [1.54, 1.807) is 6.20 Å². The number of aromatic nitrogens is 1. The highest BCUT2D eigenvalue weighted by atomic mass is 16.5. The van der Waals surface area contributed by atoms with Crippen LogP contribution >= 0.6 is 0 Å². The summed E-state index contributed by atoms with van der Waals surface area (Å²) < 4.78 is 6.40. The Morgan fingerprint density at radius 3 is 2.31 bits per heavy atom. The van der Waals surface area contributed by atoms with Crippen molar-refractivity contribution in [1.29, 1.82) is 0 Å². The Hall–Kier alpha value is -3.45.